The molecular weight excluding hydrogens is 270 g/mol. The summed E-state index contributed by atoms with van der Waals surface area (Å²) < 4.78 is 26.0. The molecule has 1 aromatic carbocycles. The number of benzene rings is 1. The number of nitrogen functional groups attached to an aromatic ring is 1. The minimum absolute atomic E-state index is 0.0971. The summed E-state index contributed by atoms with van der Waals surface area (Å²) >= 11 is 0. The fourth-order valence-electron chi connectivity index (χ4n) is 1.46. The van der Waals surface area contributed by atoms with Crippen LogP contribution in [-0.2, 0) is 14.8 Å². The van der Waals surface area contributed by atoms with Gasteiger partial charge in [0.15, 0.2) is 0 Å². The molecule has 7 nitrogen and oxygen atoms in total. The van der Waals surface area contributed by atoms with Gasteiger partial charge in [-0.3, -0.25) is 0 Å². The second-order valence-electron chi connectivity index (χ2n) is 3.94. The van der Waals surface area contributed by atoms with E-state index in [0.717, 1.165) is 0 Å². The summed E-state index contributed by atoms with van der Waals surface area (Å²) in [5.41, 5.74) is 7.14. The van der Waals surface area contributed by atoms with Crippen molar-refractivity contribution >= 4 is 27.4 Å². The van der Waals surface area contributed by atoms with Gasteiger partial charge in [0.1, 0.15) is 0 Å². The van der Waals surface area contributed by atoms with Crippen molar-refractivity contribution in [2.24, 2.45) is 5.14 Å². The van der Waals surface area contributed by atoms with Crippen LogP contribution in [0.1, 0.15) is 16.8 Å². The summed E-state index contributed by atoms with van der Waals surface area (Å²) in [4.78, 5) is 11.3. The van der Waals surface area contributed by atoms with E-state index in [1.54, 1.807) is 12.1 Å². The van der Waals surface area contributed by atoms with E-state index in [-0.39, 0.29) is 5.75 Å². The van der Waals surface area contributed by atoms with Gasteiger partial charge < -0.3 is 15.8 Å². The maximum Gasteiger partial charge on any atom is 0.337 e. The van der Waals surface area contributed by atoms with Crippen molar-refractivity contribution in [1.82, 2.24) is 0 Å². The second-order valence-corrected chi connectivity index (χ2v) is 5.67. The molecule has 5 N–H and O–H groups in total. The molecule has 0 bridgehead atoms. The highest BCUT2D eigenvalue weighted by atomic mass is 32.2. The molecule has 0 radical (unpaired) electrons. The van der Waals surface area contributed by atoms with Gasteiger partial charge in [-0.2, -0.15) is 0 Å². The number of carbonyl (C=O) groups is 1. The first kappa shape index (κ1) is 15.3. The molecule has 0 aliphatic carbocycles. The van der Waals surface area contributed by atoms with E-state index < -0.39 is 16.0 Å². The van der Waals surface area contributed by atoms with Gasteiger partial charge in [-0.05, 0) is 24.6 Å². The maximum atomic E-state index is 11.3. The predicted molar refractivity (Wildman–Crippen MR) is 73.3 cm³/mol. The fourth-order valence-corrected chi connectivity index (χ4v) is 2.01. The summed E-state index contributed by atoms with van der Waals surface area (Å²) in [5, 5.41) is 7.85. The molecule has 0 aliphatic heterocycles. The van der Waals surface area contributed by atoms with Gasteiger partial charge >= 0.3 is 5.97 Å². The van der Waals surface area contributed by atoms with Gasteiger partial charge in [-0.25, -0.2) is 18.4 Å². The lowest BCUT2D eigenvalue weighted by atomic mass is 10.1. The predicted octanol–water partition coefficient (Wildman–Crippen LogP) is 0.146. The Morgan fingerprint density at radius 1 is 1.42 bits per heavy atom. The van der Waals surface area contributed by atoms with Gasteiger partial charge in [0, 0.05) is 6.54 Å². The quantitative estimate of drug-likeness (QED) is 0.388. The van der Waals surface area contributed by atoms with Crippen LogP contribution >= 0.6 is 0 Å². The van der Waals surface area contributed by atoms with Crippen molar-refractivity contribution in [3.63, 3.8) is 0 Å². The van der Waals surface area contributed by atoms with Crippen molar-refractivity contribution in [2.75, 3.05) is 30.5 Å². The summed E-state index contributed by atoms with van der Waals surface area (Å²) in [6.07, 6.45) is 0.372. The number of ether oxygens (including phenoxy) is 1. The molecule has 106 valence electrons. The molecule has 0 atom stereocenters. The van der Waals surface area contributed by atoms with Gasteiger partial charge in [0.25, 0.3) is 0 Å². The molecule has 0 heterocycles. The SMILES string of the molecule is COC(=O)c1ccc(NCCCS(N)(=O)=O)c(N)c1. The Balaban J connectivity index is 2.58. The number of methoxy groups -OCH3 is 1. The average Bonchev–Trinajstić information content (AvgIpc) is 2.33. The van der Waals surface area contributed by atoms with Crippen LogP contribution in [0.3, 0.4) is 0 Å². The highest BCUT2D eigenvalue weighted by Gasteiger charge is 2.08. The number of nitrogens with two attached hydrogens (primary N) is 2. The van der Waals surface area contributed by atoms with Crippen LogP contribution in [0.2, 0.25) is 0 Å². The molecule has 0 unspecified atom stereocenters. The Morgan fingerprint density at radius 3 is 2.63 bits per heavy atom. The van der Waals surface area contributed by atoms with Crippen LogP contribution in [-0.4, -0.2) is 33.8 Å². The van der Waals surface area contributed by atoms with Crippen LogP contribution in [0.25, 0.3) is 0 Å². The number of esters is 1. The minimum Gasteiger partial charge on any atom is -0.465 e. The highest BCUT2D eigenvalue weighted by Crippen LogP contribution is 2.20. The molecule has 19 heavy (non-hydrogen) atoms. The van der Waals surface area contributed by atoms with E-state index in [2.05, 4.69) is 10.1 Å². The van der Waals surface area contributed by atoms with Crippen LogP contribution in [0.5, 0.6) is 0 Å². The zero-order valence-corrected chi connectivity index (χ0v) is 11.4. The molecule has 1 aromatic rings. The third-order valence-electron chi connectivity index (χ3n) is 2.39. The molecule has 0 aromatic heterocycles. The molecule has 0 saturated heterocycles. The van der Waals surface area contributed by atoms with Gasteiger partial charge in [0.05, 0.1) is 29.8 Å². The zero-order chi connectivity index (χ0) is 14.5. The number of primary sulfonamides is 1. The largest absolute Gasteiger partial charge is 0.465 e. The van der Waals surface area contributed by atoms with E-state index in [9.17, 15) is 13.2 Å². The summed E-state index contributed by atoms with van der Waals surface area (Å²) in [6, 6.07) is 4.70. The molecular formula is C11H17N3O4S. The molecule has 0 aliphatic rings. The molecule has 0 saturated carbocycles. The smallest absolute Gasteiger partial charge is 0.337 e. The maximum absolute atomic E-state index is 11.3. The third kappa shape index (κ3) is 5.14. The number of sulfonamides is 1. The zero-order valence-electron chi connectivity index (χ0n) is 10.5. The lowest BCUT2D eigenvalue weighted by molar-refractivity contribution is 0.0601. The number of hydrogen-bond donors (Lipinski definition) is 3. The molecule has 0 fully saturated rings. The Hall–Kier alpha value is -1.80. The van der Waals surface area contributed by atoms with E-state index in [0.29, 0.717) is 29.9 Å². The Morgan fingerprint density at radius 2 is 2.11 bits per heavy atom. The number of carbonyl (C=O) groups excluding carboxylic acids is 1. The van der Waals surface area contributed by atoms with E-state index in [1.807, 2.05) is 0 Å². The van der Waals surface area contributed by atoms with Crippen LogP contribution < -0.4 is 16.2 Å². The van der Waals surface area contributed by atoms with E-state index in [1.165, 1.54) is 13.2 Å². The second kappa shape index (κ2) is 6.39. The van der Waals surface area contributed by atoms with Crippen molar-refractivity contribution < 1.29 is 17.9 Å². The Labute approximate surface area is 112 Å². The summed E-state index contributed by atoms with van der Waals surface area (Å²) in [7, 11) is -2.15. The van der Waals surface area contributed by atoms with Crippen LogP contribution in [0, 0.1) is 0 Å². The molecule has 1 rings (SSSR count). The minimum atomic E-state index is -3.44. The first-order chi connectivity index (χ1) is 8.83. The Kier molecular flexibility index (Phi) is 5.13. The van der Waals surface area contributed by atoms with Crippen LogP contribution in [0.4, 0.5) is 11.4 Å². The summed E-state index contributed by atoms with van der Waals surface area (Å²) in [5.74, 6) is -0.562. The standard InChI is InChI=1S/C11H17N3O4S/c1-18-11(15)8-3-4-10(9(12)7-8)14-5-2-6-19(13,16)17/h3-4,7,14H,2,5-6,12H2,1H3,(H2,13,16,17). The van der Waals surface area contributed by atoms with Crippen molar-refractivity contribution in [2.45, 2.75) is 6.42 Å². The first-order valence-electron chi connectivity index (χ1n) is 5.55. The topological polar surface area (TPSA) is 125 Å². The lowest BCUT2D eigenvalue weighted by Crippen LogP contribution is -2.18. The number of hydrogen-bond acceptors (Lipinski definition) is 6. The lowest BCUT2D eigenvalue weighted by Gasteiger charge is -2.10. The average molecular weight is 287 g/mol. The fraction of sp³-hybridized carbons (Fsp3) is 0.364. The van der Waals surface area contributed by atoms with Crippen molar-refractivity contribution in [3.8, 4) is 0 Å². The van der Waals surface area contributed by atoms with Gasteiger partial charge in [0.2, 0.25) is 10.0 Å². The highest BCUT2D eigenvalue weighted by molar-refractivity contribution is 7.89. The van der Waals surface area contributed by atoms with E-state index in [4.69, 9.17) is 10.9 Å². The molecule has 0 spiro atoms. The van der Waals surface area contributed by atoms with Gasteiger partial charge in [-0.1, -0.05) is 0 Å². The van der Waals surface area contributed by atoms with Crippen LogP contribution in [0.15, 0.2) is 18.2 Å². The summed E-state index contributed by atoms with van der Waals surface area (Å²) in [6.45, 7) is 0.415. The number of rotatable bonds is 6. The van der Waals surface area contributed by atoms with Crippen molar-refractivity contribution in [1.29, 1.82) is 0 Å². The number of anilines is 2. The number of nitrogens with one attached hydrogen (secondary N) is 1. The molecule has 0 amide bonds. The van der Waals surface area contributed by atoms with Crippen molar-refractivity contribution in [3.05, 3.63) is 23.8 Å². The molecule has 8 heteroatoms. The first-order valence-corrected chi connectivity index (χ1v) is 7.27. The van der Waals surface area contributed by atoms with E-state index >= 15 is 0 Å². The third-order valence-corrected chi connectivity index (χ3v) is 3.25. The van der Waals surface area contributed by atoms with Gasteiger partial charge in [-0.15, -0.1) is 0 Å². The normalized spacial score (nSPS) is 11.1. The Bertz CT molecular complexity index is 557. The monoisotopic (exact) mass is 287 g/mol.